The lowest BCUT2D eigenvalue weighted by atomic mass is 9.75. The average Bonchev–Trinajstić information content (AvgIpc) is 3.40. The van der Waals surface area contributed by atoms with Crippen LogP contribution in [0.2, 0.25) is 0 Å². The minimum atomic E-state index is -4.56. The lowest BCUT2D eigenvalue weighted by Gasteiger charge is -2.28. The van der Waals surface area contributed by atoms with Crippen LogP contribution in [0.4, 0.5) is 19.0 Å². The van der Waals surface area contributed by atoms with Crippen molar-refractivity contribution in [1.82, 2.24) is 14.5 Å². The first kappa shape index (κ1) is 26.4. The predicted octanol–water partition coefficient (Wildman–Crippen LogP) is 5.49. The molecule has 1 unspecified atom stereocenters. The number of allylic oxidation sites excluding steroid dienone is 1. The highest BCUT2D eigenvalue weighted by Crippen LogP contribution is 2.39. The Bertz CT molecular complexity index is 958. The first-order valence-corrected chi connectivity index (χ1v) is 11.5. The maximum absolute atomic E-state index is 13.0. The molecule has 0 radical (unpaired) electrons. The van der Waals surface area contributed by atoms with Gasteiger partial charge in [-0.3, -0.25) is 4.99 Å². The van der Waals surface area contributed by atoms with Gasteiger partial charge in [-0.2, -0.15) is 13.2 Å². The van der Waals surface area contributed by atoms with Crippen LogP contribution >= 0.6 is 0 Å². The monoisotopic (exact) mass is 464 g/mol. The molecule has 2 aromatic heterocycles. The van der Waals surface area contributed by atoms with E-state index in [4.69, 9.17) is 11.5 Å². The molecule has 0 aromatic carbocycles. The molecule has 182 valence electrons. The molecule has 3 rings (SSSR count). The van der Waals surface area contributed by atoms with Crippen LogP contribution in [-0.2, 0) is 19.1 Å². The molecule has 1 aliphatic heterocycles. The summed E-state index contributed by atoms with van der Waals surface area (Å²) in [7, 11) is 0. The molecule has 0 fully saturated rings. The zero-order valence-corrected chi connectivity index (χ0v) is 19.9. The number of halogens is 3. The molecule has 0 spiro atoms. The van der Waals surface area contributed by atoms with Crippen LogP contribution in [-0.4, -0.2) is 26.8 Å². The SMILES string of the molecule is CCCC1(CC)CCN=C1/C=C(\N)c1cnc(N)c(C(F)(F)F)c1.CCc1nccn1CC. The first-order valence-electron chi connectivity index (χ1n) is 11.5. The smallest absolute Gasteiger partial charge is 0.398 e. The summed E-state index contributed by atoms with van der Waals surface area (Å²) in [6.07, 6.45) is 7.16. The van der Waals surface area contributed by atoms with Gasteiger partial charge in [0.2, 0.25) is 0 Å². The van der Waals surface area contributed by atoms with Gasteiger partial charge in [0.1, 0.15) is 11.6 Å². The molecule has 2 aromatic rings. The van der Waals surface area contributed by atoms with E-state index < -0.39 is 17.6 Å². The number of nitrogens with two attached hydrogens (primary N) is 2. The third-order valence-corrected chi connectivity index (χ3v) is 6.13. The van der Waals surface area contributed by atoms with Crippen molar-refractivity contribution in [2.45, 2.75) is 72.5 Å². The molecular weight excluding hydrogens is 429 g/mol. The topological polar surface area (TPSA) is 95.1 Å². The number of aromatic nitrogens is 3. The number of hydrogen-bond acceptors (Lipinski definition) is 5. The molecule has 9 heteroatoms. The van der Waals surface area contributed by atoms with Gasteiger partial charge in [-0.1, -0.05) is 27.2 Å². The molecule has 4 N–H and O–H groups in total. The quantitative estimate of drug-likeness (QED) is 0.566. The molecule has 0 bridgehead atoms. The molecule has 0 saturated heterocycles. The highest BCUT2D eigenvalue weighted by molar-refractivity contribution is 6.05. The summed E-state index contributed by atoms with van der Waals surface area (Å²) in [5.41, 5.74) is 11.7. The van der Waals surface area contributed by atoms with Crippen molar-refractivity contribution in [2.75, 3.05) is 12.3 Å². The van der Waals surface area contributed by atoms with Gasteiger partial charge >= 0.3 is 6.18 Å². The van der Waals surface area contributed by atoms with E-state index >= 15 is 0 Å². The van der Waals surface area contributed by atoms with Gasteiger partial charge in [0.05, 0.1) is 5.56 Å². The van der Waals surface area contributed by atoms with E-state index in [1.165, 1.54) is 12.0 Å². The first-order chi connectivity index (χ1) is 15.6. The Morgan fingerprint density at radius 1 is 1.21 bits per heavy atom. The van der Waals surface area contributed by atoms with Crippen LogP contribution in [0.25, 0.3) is 5.70 Å². The number of rotatable bonds is 7. The summed E-state index contributed by atoms with van der Waals surface area (Å²) in [5, 5.41) is 0. The maximum Gasteiger partial charge on any atom is 0.419 e. The molecule has 0 saturated carbocycles. The molecule has 1 aliphatic rings. The third kappa shape index (κ3) is 6.36. The maximum atomic E-state index is 13.0. The van der Waals surface area contributed by atoms with Crippen molar-refractivity contribution < 1.29 is 13.2 Å². The van der Waals surface area contributed by atoms with Gasteiger partial charge in [-0.15, -0.1) is 0 Å². The number of alkyl halides is 3. The third-order valence-electron chi connectivity index (χ3n) is 6.13. The van der Waals surface area contributed by atoms with Crippen molar-refractivity contribution in [2.24, 2.45) is 16.1 Å². The second-order valence-corrected chi connectivity index (χ2v) is 8.14. The Morgan fingerprint density at radius 3 is 2.48 bits per heavy atom. The van der Waals surface area contributed by atoms with Crippen LogP contribution in [0, 0.1) is 5.41 Å². The second-order valence-electron chi connectivity index (χ2n) is 8.14. The minimum absolute atomic E-state index is 0.0343. The molecule has 0 amide bonds. The van der Waals surface area contributed by atoms with Crippen LogP contribution in [0.1, 0.15) is 70.3 Å². The number of nitrogen functional groups attached to an aromatic ring is 1. The summed E-state index contributed by atoms with van der Waals surface area (Å²) in [5.74, 6) is 0.628. The fraction of sp³-hybridized carbons (Fsp3) is 0.542. The van der Waals surface area contributed by atoms with Crippen molar-refractivity contribution in [3.05, 3.63) is 47.7 Å². The Kier molecular flexibility index (Phi) is 9.07. The zero-order valence-electron chi connectivity index (χ0n) is 19.9. The van der Waals surface area contributed by atoms with Gasteiger partial charge in [-0.25, -0.2) is 9.97 Å². The molecule has 33 heavy (non-hydrogen) atoms. The number of aryl methyl sites for hydroxylation is 2. The summed E-state index contributed by atoms with van der Waals surface area (Å²) < 4.78 is 41.1. The van der Waals surface area contributed by atoms with Crippen LogP contribution < -0.4 is 11.5 Å². The Labute approximate surface area is 194 Å². The Morgan fingerprint density at radius 2 is 1.94 bits per heavy atom. The van der Waals surface area contributed by atoms with Crippen molar-refractivity contribution in [1.29, 1.82) is 0 Å². The van der Waals surface area contributed by atoms with E-state index in [-0.39, 0.29) is 16.7 Å². The normalized spacial score (nSPS) is 18.6. The number of nitrogens with zero attached hydrogens (tertiary/aromatic N) is 4. The van der Waals surface area contributed by atoms with Crippen LogP contribution in [0.5, 0.6) is 0 Å². The van der Waals surface area contributed by atoms with Gasteiger partial charge in [-0.05, 0) is 38.3 Å². The fourth-order valence-electron chi connectivity index (χ4n) is 4.18. The largest absolute Gasteiger partial charge is 0.419 e. The Hall–Kier alpha value is -2.84. The predicted molar refractivity (Wildman–Crippen MR) is 128 cm³/mol. The number of aliphatic imine (C=N–C) groups is 1. The van der Waals surface area contributed by atoms with Crippen LogP contribution in [0.3, 0.4) is 0 Å². The van der Waals surface area contributed by atoms with E-state index in [0.29, 0.717) is 0 Å². The van der Waals surface area contributed by atoms with Gasteiger partial charge in [0, 0.05) is 60.5 Å². The highest BCUT2D eigenvalue weighted by Gasteiger charge is 2.36. The Balaban J connectivity index is 0.000000357. The van der Waals surface area contributed by atoms with E-state index in [1.807, 2.05) is 12.4 Å². The molecule has 1 atom stereocenters. The summed E-state index contributed by atoms with van der Waals surface area (Å²) >= 11 is 0. The minimum Gasteiger partial charge on any atom is -0.398 e. The zero-order chi connectivity index (χ0) is 24.6. The molecule has 3 heterocycles. The van der Waals surface area contributed by atoms with Gasteiger partial charge < -0.3 is 16.0 Å². The molecular formula is C24H35F3N6. The van der Waals surface area contributed by atoms with Crippen molar-refractivity contribution in [3.8, 4) is 0 Å². The molecule has 6 nitrogen and oxygen atoms in total. The van der Waals surface area contributed by atoms with E-state index in [0.717, 1.165) is 57.0 Å². The summed E-state index contributed by atoms with van der Waals surface area (Å²) in [6, 6.07) is 0.942. The number of pyridine rings is 1. The number of imidazole rings is 1. The van der Waals surface area contributed by atoms with E-state index in [2.05, 4.69) is 47.2 Å². The fourth-order valence-corrected chi connectivity index (χ4v) is 4.18. The van der Waals surface area contributed by atoms with Gasteiger partial charge in [0.15, 0.2) is 0 Å². The van der Waals surface area contributed by atoms with E-state index in [1.54, 1.807) is 6.08 Å². The summed E-state index contributed by atoms with van der Waals surface area (Å²) in [6.45, 7) is 10.2. The van der Waals surface area contributed by atoms with Gasteiger partial charge in [0.25, 0.3) is 0 Å². The lowest BCUT2D eigenvalue weighted by molar-refractivity contribution is -0.137. The van der Waals surface area contributed by atoms with Crippen LogP contribution in [0.15, 0.2) is 35.7 Å². The number of hydrogen-bond donors (Lipinski definition) is 2. The summed E-state index contributed by atoms with van der Waals surface area (Å²) in [4.78, 5) is 12.3. The molecule has 0 aliphatic carbocycles. The van der Waals surface area contributed by atoms with Crippen molar-refractivity contribution in [3.63, 3.8) is 0 Å². The van der Waals surface area contributed by atoms with Crippen molar-refractivity contribution >= 4 is 17.2 Å². The average molecular weight is 465 g/mol. The highest BCUT2D eigenvalue weighted by atomic mass is 19.4. The standard InChI is InChI=1S/C17H23F3N4.C7H12N2/c1-3-5-16(4-2)6-7-23-14(16)9-13(21)11-8-12(17(18,19)20)15(22)24-10-11;1-3-7-8-5-6-9(7)4-2/h8-10H,3-7,21H2,1-2H3,(H2,22,24);5-6H,3-4H2,1-2H3/b13-9-;. The second kappa shape index (κ2) is 11.3. The van der Waals surface area contributed by atoms with E-state index in [9.17, 15) is 13.2 Å². The lowest BCUT2D eigenvalue weighted by Crippen LogP contribution is -2.26. The number of anilines is 1.